The van der Waals surface area contributed by atoms with Gasteiger partial charge in [-0.2, -0.15) is 0 Å². The molecule has 0 aliphatic carbocycles. The molecule has 0 fully saturated rings. The van der Waals surface area contributed by atoms with E-state index in [1.807, 2.05) is 30.3 Å². The Morgan fingerprint density at radius 3 is 2.19 bits per heavy atom. The number of amides is 1. The first-order valence-corrected chi connectivity index (χ1v) is 7.78. The van der Waals surface area contributed by atoms with Crippen molar-refractivity contribution in [3.8, 4) is 17.0 Å². The fourth-order valence-electron chi connectivity index (χ4n) is 2.38. The molecule has 0 unspecified atom stereocenters. The summed E-state index contributed by atoms with van der Waals surface area (Å²) in [5, 5.41) is 2.45. The second-order valence-electron chi connectivity index (χ2n) is 5.51. The summed E-state index contributed by atoms with van der Waals surface area (Å²) in [6.07, 6.45) is -4.79. The largest absolute Gasteiger partial charge is 0.573 e. The van der Waals surface area contributed by atoms with E-state index in [4.69, 9.17) is 0 Å². The predicted molar refractivity (Wildman–Crippen MR) is 93.6 cm³/mol. The van der Waals surface area contributed by atoms with Gasteiger partial charge in [0.15, 0.2) is 0 Å². The van der Waals surface area contributed by atoms with Crippen LogP contribution in [0.3, 0.4) is 0 Å². The van der Waals surface area contributed by atoms with Crippen molar-refractivity contribution < 1.29 is 22.7 Å². The van der Waals surface area contributed by atoms with E-state index in [-0.39, 0.29) is 11.3 Å². The third-order valence-electron chi connectivity index (χ3n) is 3.58. The number of rotatable bonds is 4. The summed E-state index contributed by atoms with van der Waals surface area (Å²) in [5.74, 6) is -1.09. The number of carbonyl (C=O) groups is 1. The minimum Gasteiger partial charge on any atom is -0.406 e. The Labute approximate surface area is 151 Å². The van der Waals surface area contributed by atoms with Crippen LogP contribution in [0.5, 0.6) is 5.75 Å². The van der Waals surface area contributed by atoms with Crippen molar-refractivity contribution in [2.75, 3.05) is 5.32 Å². The van der Waals surface area contributed by atoms with E-state index in [0.29, 0.717) is 5.69 Å². The van der Waals surface area contributed by atoms with Gasteiger partial charge in [0.25, 0.3) is 11.5 Å². The van der Waals surface area contributed by atoms with Crippen molar-refractivity contribution >= 4 is 11.6 Å². The number of aromatic amines is 1. The summed E-state index contributed by atoms with van der Waals surface area (Å²) in [6, 6.07) is 16.7. The van der Waals surface area contributed by atoms with E-state index in [2.05, 4.69) is 15.0 Å². The summed E-state index contributed by atoms with van der Waals surface area (Å²) in [7, 11) is 0. The van der Waals surface area contributed by atoms with Crippen LogP contribution >= 0.6 is 0 Å². The highest BCUT2D eigenvalue weighted by molar-refractivity contribution is 6.04. The van der Waals surface area contributed by atoms with Crippen LogP contribution in [0.25, 0.3) is 11.3 Å². The Balaban J connectivity index is 1.74. The highest BCUT2D eigenvalue weighted by Gasteiger charge is 2.31. The van der Waals surface area contributed by atoms with Gasteiger partial charge in [0.2, 0.25) is 0 Å². The summed E-state index contributed by atoms with van der Waals surface area (Å²) in [6.45, 7) is 0. The molecule has 1 heterocycles. The maximum atomic E-state index is 12.3. The highest BCUT2D eigenvalue weighted by Crippen LogP contribution is 2.24. The Kier molecular flexibility index (Phi) is 4.98. The monoisotopic (exact) mass is 374 g/mol. The van der Waals surface area contributed by atoms with Crippen LogP contribution in [0.4, 0.5) is 18.9 Å². The van der Waals surface area contributed by atoms with Gasteiger partial charge < -0.3 is 15.0 Å². The molecule has 1 aromatic heterocycles. The molecule has 27 heavy (non-hydrogen) atoms. The molecule has 3 rings (SSSR count). The normalized spacial score (nSPS) is 11.1. The van der Waals surface area contributed by atoms with Crippen molar-refractivity contribution in [1.82, 2.24) is 4.98 Å². The standard InChI is InChI=1S/C19H13F3N2O3/c20-19(21,22)27-14-8-6-13(7-9-14)23-17(25)15-10-11-16(24-18(15)26)12-4-2-1-3-5-12/h1-11H,(H,23,25)(H,24,26). The van der Waals surface area contributed by atoms with Gasteiger partial charge in [-0.3, -0.25) is 9.59 Å². The number of alkyl halides is 3. The van der Waals surface area contributed by atoms with Crippen molar-refractivity contribution in [3.05, 3.63) is 82.6 Å². The maximum absolute atomic E-state index is 12.3. The van der Waals surface area contributed by atoms with Crippen molar-refractivity contribution in [3.63, 3.8) is 0 Å². The smallest absolute Gasteiger partial charge is 0.406 e. The second-order valence-corrected chi connectivity index (χ2v) is 5.51. The minimum atomic E-state index is -4.79. The van der Waals surface area contributed by atoms with E-state index in [9.17, 15) is 22.8 Å². The number of carbonyl (C=O) groups excluding carboxylic acids is 1. The minimum absolute atomic E-state index is 0.120. The Morgan fingerprint density at radius 2 is 1.59 bits per heavy atom. The number of halogens is 3. The van der Waals surface area contributed by atoms with Crippen LogP contribution < -0.4 is 15.6 Å². The molecule has 0 radical (unpaired) electrons. The number of aromatic nitrogens is 1. The summed E-state index contributed by atoms with van der Waals surface area (Å²) < 4.78 is 40.2. The highest BCUT2D eigenvalue weighted by atomic mass is 19.4. The molecule has 0 saturated heterocycles. The van der Waals surface area contributed by atoms with Crippen molar-refractivity contribution in [2.45, 2.75) is 6.36 Å². The lowest BCUT2D eigenvalue weighted by atomic mass is 10.1. The van der Waals surface area contributed by atoms with Gasteiger partial charge in [-0.05, 0) is 42.0 Å². The number of pyridine rings is 1. The maximum Gasteiger partial charge on any atom is 0.573 e. The number of anilines is 1. The number of ether oxygens (including phenoxy) is 1. The first-order valence-electron chi connectivity index (χ1n) is 7.78. The first-order chi connectivity index (χ1) is 12.8. The van der Waals surface area contributed by atoms with Gasteiger partial charge in [-0.1, -0.05) is 30.3 Å². The number of H-pyrrole nitrogens is 1. The summed E-state index contributed by atoms with van der Waals surface area (Å²) in [4.78, 5) is 27.1. The van der Waals surface area contributed by atoms with E-state index in [1.54, 1.807) is 6.07 Å². The quantitative estimate of drug-likeness (QED) is 0.719. The molecule has 0 aliphatic rings. The van der Waals surface area contributed by atoms with E-state index in [0.717, 1.165) is 17.7 Å². The number of nitrogens with one attached hydrogen (secondary N) is 2. The van der Waals surface area contributed by atoms with Gasteiger partial charge in [0.1, 0.15) is 11.3 Å². The average Bonchev–Trinajstić information content (AvgIpc) is 2.62. The fourth-order valence-corrected chi connectivity index (χ4v) is 2.38. The third kappa shape index (κ3) is 4.75. The van der Waals surface area contributed by atoms with E-state index in [1.165, 1.54) is 18.2 Å². The first kappa shape index (κ1) is 18.2. The third-order valence-corrected chi connectivity index (χ3v) is 3.58. The molecule has 2 N–H and O–H groups in total. The van der Waals surface area contributed by atoms with Crippen molar-refractivity contribution in [1.29, 1.82) is 0 Å². The molecule has 0 atom stereocenters. The molecule has 5 nitrogen and oxygen atoms in total. The molecule has 138 valence electrons. The lowest BCUT2D eigenvalue weighted by Crippen LogP contribution is -2.23. The van der Waals surface area contributed by atoms with Crippen LogP contribution in [-0.4, -0.2) is 17.3 Å². The zero-order valence-electron chi connectivity index (χ0n) is 13.7. The van der Waals surface area contributed by atoms with Gasteiger partial charge >= 0.3 is 6.36 Å². The van der Waals surface area contributed by atoms with E-state index < -0.39 is 23.6 Å². The number of hydrogen-bond acceptors (Lipinski definition) is 3. The molecule has 0 spiro atoms. The lowest BCUT2D eigenvalue weighted by Gasteiger charge is -2.10. The SMILES string of the molecule is O=C(Nc1ccc(OC(F)(F)F)cc1)c1ccc(-c2ccccc2)[nH]c1=O. The Hall–Kier alpha value is -3.55. The molecule has 3 aromatic rings. The van der Waals surface area contributed by atoms with Crippen LogP contribution in [-0.2, 0) is 0 Å². The van der Waals surface area contributed by atoms with Gasteiger partial charge in [-0.25, -0.2) is 0 Å². The molecule has 2 aromatic carbocycles. The molecule has 0 saturated carbocycles. The van der Waals surface area contributed by atoms with Crippen LogP contribution in [0.15, 0.2) is 71.5 Å². The Morgan fingerprint density at radius 1 is 0.926 bits per heavy atom. The summed E-state index contributed by atoms with van der Waals surface area (Å²) in [5.41, 5.74) is 0.879. The van der Waals surface area contributed by atoms with E-state index >= 15 is 0 Å². The lowest BCUT2D eigenvalue weighted by molar-refractivity contribution is -0.274. The van der Waals surface area contributed by atoms with Gasteiger partial charge in [0.05, 0.1) is 0 Å². The zero-order valence-corrected chi connectivity index (χ0v) is 13.7. The fraction of sp³-hybridized carbons (Fsp3) is 0.0526. The second kappa shape index (κ2) is 7.36. The zero-order chi connectivity index (χ0) is 19.4. The van der Waals surface area contributed by atoms with Gasteiger partial charge in [0, 0.05) is 11.4 Å². The molecule has 0 bridgehead atoms. The number of benzene rings is 2. The average molecular weight is 374 g/mol. The van der Waals surface area contributed by atoms with Gasteiger partial charge in [-0.15, -0.1) is 13.2 Å². The van der Waals surface area contributed by atoms with Crippen LogP contribution in [0, 0.1) is 0 Å². The van der Waals surface area contributed by atoms with Crippen LogP contribution in [0.2, 0.25) is 0 Å². The van der Waals surface area contributed by atoms with Crippen LogP contribution in [0.1, 0.15) is 10.4 Å². The molecule has 0 aliphatic heterocycles. The molecule has 8 heteroatoms. The predicted octanol–water partition coefficient (Wildman–Crippen LogP) is 4.19. The topological polar surface area (TPSA) is 71.2 Å². The van der Waals surface area contributed by atoms with Crippen molar-refractivity contribution in [2.24, 2.45) is 0 Å². The number of hydrogen-bond donors (Lipinski definition) is 2. The molecule has 1 amide bonds. The molecular formula is C19H13F3N2O3. The molecular weight excluding hydrogens is 361 g/mol. The summed E-state index contributed by atoms with van der Waals surface area (Å²) >= 11 is 0. The Bertz CT molecular complexity index is 997.